The second-order valence-electron chi connectivity index (χ2n) is 6.14. The van der Waals surface area contributed by atoms with Crippen LogP contribution in [0.1, 0.15) is 66.3 Å². The van der Waals surface area contributed by atoms with Gasteiger partial charge in [-0.3, -0.25) is 4.79 Å². The average molecular weight is 318 g/mol. The Balaban J connectivity index is 2.07. The number of nitrogens with zero attached hydrogens (tertiary/aromatic N) is 3. The summed E-state index contributed by atoms with van der Waals surface area (Å²) in [5, 5.41) is 15.4. The molecule has 1 atom stereocenters. The van der Waals surface area contributed by atoms with Crippen LogP contribution in [0.3, 0.4) is 0 Å². The first-order valence-corrected chi connectivity index (χ1v) is 7.03. The number of carbonyl (C=O) groups is 2. The summed E-state index contributed by atoms with van der Waals surface area (Å²) in [5.41, 5.74) is -0.124. The molecule has 2 aromatic rings. The van der Waals surface area contributed by atoms with E-state index in [2.05, 4.69) is 20.4 Å². The van der Waals surface area contributed by atoms with Gasteiger partial charge in [0.25, 0.3) is 5.91 Å². The topological polar surface area (TPSA) is 118 Å². The van der Waals surface area contributed by atoms with Crippen LogP contribution in [0.4, 0.5) is 0 Å². The van der Waals surface area contributed by atoms with E-state index in [-0.39, 0.29) is 16.7 Å². The second kappa shape index (κ2) is 6.15. The maximum Gasteiger partial charge on any atom is 0.354 e. The van der Waals surface area contributed by atoms with Gasteiger partial charge in [-0.2, -0.15) is 4.98 Å². The molecule has 0 saturated heterocycles. The summed E-state index contributed by atoms with van der Waals surface area (Å²) in [6.07, 6.45) is 1.21. The van der Waals surface area contributed by atoms with Crippen molar-refractivity contribution in [2.45, 2.75) is 39.2 Å². The molecular formula is C15H18N4O4. The zero-order valence-corrected chi connectivity index (χ0v) is 13.3. The number of pyridine rings is 1. The third kappa shape index (κ3) is 3.91. The van der Waals surface area contributed by atoms with Gasteiger partial charge in [0.1, 0.15) is 11.7 Å². The van der Waals surface area contributed by atoms with E-state index < -0.39 is 17.9 Å². The highest BCUT2D eigenvalue weighted by molar-refractivity contribution is 5.95. The Morgan fingerprint density at radius 1 is 1.30 bits per heavy atom. The van der Waals surface area contributed by atoms with E-state index >= 15 is 0 Å². The highest BCUT2D eigenvalue weighted by Gasteiger charge is 2.24. The number of nitrogens with one attached hydrogen (secondary N) is 1. The van der Waals surface area contributed by atoms with E-state index in [1.54, 1.807) is 6.92 Å². The lowest BCUT2D eigenvalue weighted by Gasteiger charge is -2.12. The predicted molar refractivity (Wildman–Crippen MR) is 80.1 cm³/mol. The summed E-state index contributed by atoms with van der Waals surface area (Å²) in [6, 6.07) is 2.18. The number of carboxylic acids is 1. The van der Waals surface area contributed by atoms with Crippen molar-refractivity contribution < 1.29 is 19.2 Å². The van der Waals surface area contributed by atoms with Gasteiger partial charge in [0.15, 0.2) is 5.82 Å². The van der Waals surface area contributed by atoms with Crippen molar-refractivity contribution in [2.24, 2.45) is 0 Å². The SMILES string of the molecule is CC(NC(=O)c1ccc(C(=O)O)nc1)c1nc(C(C)(C)C)no1. The molecule has 0 spiro atoms. The van der Waals surface area contributed by atoms with Crippen LogP contribution in [0.5, 0.6) is 0 Å². The molecule has 8 heteroatoms. The first-order valence-electron chi connectivity index (χ1n) is 7.03. The summed E-state index contributed by atoms with van der Waals surface area (Å²) in [4.78, 5) is 30.8. The Kier molecular flexibility index (Phi) is 4.44. The lowest BCUT2D eigenvalue weighted by molar-refractivity contribution is 0.0689. The molecule has 0 radical (unpaired) electrons. The summed E-state index contributed by atoms with van der Waals surface area (Å²) >= 11 is 0. The minimum atomic E-state index is -1.15. The van der Waals surface area contributed by atoms with Gasteiger partial charge in [-0.25, -0.2) is 9.78 Å². The van der Waals surface area contributed by atoms with E-state index in [0.29, 0.717) is 11.7 Å². The fourth-order valence-corrected chi connectivity index (χ4v) is 1.71. The predicted octanol–water partition coefficient (Wildman–Crippen LogP) is 1.95. The summed E-state index contributed by atoms with van der Waals surface area (Å²) in [6.45, 7) is 7.60. The summed E-state index contributed by atoms with van der Waals surface area (Å²) < 4.78 is 5.17. The van der Waals surface area contributed by atoms with Crippen LogP contribution in [0, 0.1) is 0 Å². The zero-order chi connectivity index (χ0) is 17.2. The van der Waals surface area contributed by atoms with E-state index in [0.717, 1.165) is 0 Å². The van der Waals surface area contributed by atoms with Crippen LogP contribution in [0.2, 0.25) is 0 Å². The highest BCUT2D eigenvalue weighted by atomic mass is 16.5. The van der Waals surface area contributed by atoms with Gasteiger partial charge in [0, 0.05) is 11.6 Å². The van der Waals surface area contributed by atoms with Gasteiger partial charge in [-0.05, 0) is 19.1 Å². The van der Waals surface area contributed by atoms with Crippen LogP contribution >= 0.6 is 0 Å². The number of aromatic carboxylic acids is 1. The zero-order valence-electron chi connectivity index (χ0n) is 13.3. The van der Waals surface area contributed by atoms with E-state index in [9.17, 15) is 9.59 Å². The fourth-order valence-electron chi connectivity index (χ4n) is 1.71. The van der Waals surface area contributed by atoms with Gasteiger partial charge in [0.05, 0.1) is 5.56 Å². The molecule has 0 bridgehead atoms. The minimum absolute atomic E-state index is 0.124. The standard InChI is InChI=1S/C15H18N4O4/c1-8(12-18-14(19-23-12)15(2,3)4)17-11(20)9-5-6-10(13(21)22)16-7-9/h5-8H,1-4H3,(H,17,20)(H,21,22). The molecule has 2 N–H and O–H groups in total. The van der Waals surface area contributed by atoms with E-state index in [1.807, 2.05) is 20.8 Å². The van der Waals surface area contributed by atoms with Crippen molar-refractivity contribution in [3.05, 3.63) is 41.3 Å². The third-order valence-electron chi connectivity index (χ3n) is 3.08. The summed E-state index contributed by atoms with van der Waals surface area (Å²) in [5.74, 6) is -0.692. The van der Waals surface area contributed by atoms with Crippen molar-refractivity contribution >= 4 is 11.9 Å². The molecule has 0 aliphatic rings. The monoisotopic (exact) mass is 318 g/mol. The van der Waals surface area contributed by atoms with Gasteiger partial charge in [-0.1, -0.05) is 25.9 Å². The maximum atomic E-state index is 12.1. The number of carboxylic acid groups (broad SMARTS) is 1. The molecule has 8 nitrogen and oxygen atoms in total. The quantitative estimate of drug-likeness (QED) is 0.884. The Morgan fingerprint density at radius 2 is 2.00 bits per heavy atom. The van der Waals surface area contributed by atoms with Crippen LogP contribution in [0.15, 0.2) is 22.9 Å². The van der Waals surface area contributed by atoms with Gasteiger partial charge in [-0.15, -0.1) is 0 Å². The molecular weight excluding hydrogens is 300 g/mol. The Hall–Kier alpha value is -2.77. The molecule has 122 valence electrons. The van der Waals surface area contributed by atoms with E-state index in [1.165, 1.54) is 18.3 Å². The fraction of sp³-hybridized carbons (Fsp3) is 0.400. The lowest BCUT2D eigenvalue weighted by Crippen LogP contribution is -2.27. The Bertz CT molecular complexity index is 716. The Morgan fingerprint density at radius 3 is 2.48 bits per heavy atom. The number of rotatable bonds is 4. The minimum Gasteiger partial charge on any atom is -0.477 e. The largest absolute Gasteiger partial charge is 0.477 e. The Labute approximate surface area is 132 Å². The van der Waals surface area contributed by atoms with Crippen LogP contribution in [-0.2, 0) is 5.41 Å². The molecule has 1 unspecified atom stereocenters. The van der Waals surface area contributed by atoms with Crippen molar-refractivity contribution in [3.8, 4) is 0 Å². The third-order valence-corrected chi connectivity index (χ3v) is 3.08. The molecule has 0 fully saturated rings. The maximum absolute atomic E-state index is 12.1. The average Bonchev–Trinajstić information content (AvgIpc) is 2.97. The van der Waals surface area contributed by atoms with Gasteiger partial charge < -0.3 is 14.9 Å². The van der Waals surface area contributed by atoms with Crippen LogP contribution in [-0.4, -0.2) is 32.1 Å². The number of hydrogen-bond acceptors (Lipinski definition) is 6. The molecule has 0 aromatic carbocycles. The van der Waals surface area contributed by atoms with Crippen molar-refractivity contribution in [1.29, 1.82) is 0 Å². The van der Waals surface area contributed by atoms with Gasteiger partial charge >= 0.3 is 5.97 Å². The van der Waals surface area contributed by atoms with E-state index in [4.69, 9.17) is 9.63 Å². The smallest absolute Gasteiger partial charge is 0.354 e. The molecule has 23 heavy (non-hydrogen) atoms. The lowest BCUT2D eigenvalue weighted by atomic mass is 9.96. The van der Waals surface area contributed by atoms with Gasteiger partial charge in [0.2, 0.25) is 5.89 Å². The normalized spacial score (nSPS) is 12.7. The number of carbonyl (C=O) groups excluding carboxylic acids is 1. The van der Waals surface area contributed by atoms with Crippen LogP contribution in [0.25, 0.3) is 0 Å². The highest BCUT2D eigenvalue weighted by Crippen LogP contribution is 2.20. The molecule has 1 amide bonds. The van der Waals surface area contributed by atoms with Crippen LogP contribution < -0.4 is 5.32 Å². The van der Waals surface area contributed by atoms with Crippen molar-refractivity contribution in [3.63, 3.8) is 0 Å². The first-order chi connectivity index (χ1) is 10.7. The summed E-state index contributed by atoms with van der Waals surface area (Å²) in [7, 11) is 0. The molecule has 0 aliphatic heterocycles. The number of hydrogen-bond donors (Lipinski definition) is 2. The molecule has 2 rings (SSSR count). The second-order valence-corrected chi connectivity index (χ2v) is 6.14. The molecule has 2 heterocycles. The molecule has 0 saturated carbocycles. The molecule has 2 aromatic heterocycles. The number of aromatic nitrogens is 3. The molecule has 0 aliphatic carbocycles. The first kappa shape index (κ1) is 16.6. The number of amides is 1. The van der Waals surface area contributed by atoms with Crippen molar-refractivity contribution in [2.75, 3.05) is 0 Å². The van der Waals surface area contributed by atoms with Crippen molar-refractivity contribution in [1.82, 2.24) is 20.4 Å².